The zero-order valence-electron chi connectivity index (χ0n) is 7.64. The SMILES string of the molecule is Cl.NCC(=O)N1CCOC(C(N)=O)C1. The van der Waals surface area contributed by atoms with Gasteiger partial charge in [0.1, 0.15) is 0 Å². The summed E-state index contributed by atoms with van der Waals surface area (Å²) in [6, 6.07) is 0. The molecule has 0 saturated carbocycles. The minimum Gasteiger partial charge on any atom is -0.367 e. The third-order valence-electron chi connectivity index (χ3n) is 1.91. The second kappa shape index (κ2) is 5.79. The molecule has 82 valence electrons. The van der Waals surface area contributed by atoms with Gasteiger partial charge in [-0.1, -0.05) is 0 Å². The fraction of sp³-hybridized carbons (Fsp3) is 0.714. The standard InChI is InChI=1S/C7H13N3O3.ClH/c8-3-6(11)10-1-2-13-5(4-10)7(9)12;/h5H,1-4,8H2,(H2,9,12);1H. The molecule has 2 amide bonds. The first-order chi connectivity index (χ1) is 6.15. The lowest BCUT2D eigenvalue weighted by atomic mass is 10.2. The summed E-state index contributed by atoms with van der Waals surface area (Å²) < 4.78 is 5.06. The number of amides is 2. The molecule has 1 atom stereocenters. The molecule has 0 aromatic heterocycles. The van der Waals surface area contributed by atoms with E-state index in [1.165, 1.54) is 4.90 Å². The normalized spacial score (nSPS) is 21.2. The summed E-state index contributed by atoms with van der Waals surface area (Å²) in [5, 5.41) is 0. The predicted octanol–water partition coefficient (Wildman–Crippen LogP) is -1.92. The lowest BCUT2D eigenvalue weighted by molar-refractivity contribution is -0.144. The highest BCUT2D eigenvalue weighted by atomic mass is 35.5. The number of carbonyl (C=O) groups excluding carboxylic acids is 2. The van der Waals surface area contributed by atoms with E-state index in [1.54, 1.807) is 0 Å². The minimum absolute atomic E-state index is 0. The number of rotatable bonds is 2. The number of carbonyl (C=O) groups is 2. The quantitative estimate of drug-likeness (QED) is 0.570. The molecule has 1 rings (SSSR count). The monoisotopic (exact) mass is 223 g/mol. The van der Waals surface area contributed by atoms with Crippen LogP contribution < -0.4 is 11.5 Å². The number of ether oxygens (including phenoxy) is 1. The summed E-state index contributed by atoms with van der Waals surface area (Å²) in [6.07, 6.45) is -0.691. The van der Waals surface area contributed by atoms with Crippen LogP contribution in [-0.2, 0) is 14.3 Å². The molecule has 1 saturated heterocycles. The van der Waals surface area contributed by atoms with Gasteiger partial charge in [-0.2, -0.15) is 0 Å². The summed E-state index contributed by atoms with van der Waals surface area (Å²) in [6.45, 7) is 0.968. The molecular formula is C7H14ClN3O3. The molecule has 7 heteroatoms. The Bertz CT molecular complexity index is 224. The Morgan fingerprint density at radius 3 is 2.64 bits per heavy atom. The van der Waals surface area contributed by atoms with Crippen LogP contribution in [-0.4, -0.2) is 49.1 Å². The molecule has 1 unspecified atom stereocenters. The van der Waals surface area contributed by atoms with E-state index in [1.807, 2.05) is 0 Å². The number of halogens is 1. The molecule has 4 N–H and O–H groups in total. The van der Waals surface area contributed by atoms with Crippen LogP contribution in [0.4, 0.5) is 0 Å². The van der Waals surface area contributed by atoms with Crippen molar-refractivity contribution in [2.75, 3.05) is 26.2 Å². The van der Waals surface area contributed by atoms with Crippen LogP contribution in [0.3, 0.4) is 0 Å². The second-order valence-electron chi connectivity index (χ2n) is 2.81. The van der Waals surface area contributed by atoms with Gasteiger partial charge >= 0.3 is 0 Å². The fourth-order valence-electron chi connectivity index (χ4n) is 1.18. The van der Waals surface area contributed by atoms with Gasteiger partial charge in [0.15, 0.2) is 6.10 Å². The van der Waals surface area contributed by atoms with Gasteiger partial charge in [0.05, 0.1) is 19.7 Å². The first-order valence-corrected chi connectivity index (χ1v) is 4.04. The number of hydrogen-bond acceptors (Lipinski definition) is 4. The van der Waals surface area contributed by atoms with Crippen molar-refractivity contribution in [3.05, 3.63) is 0 Å². The van der Waals surface area contributed by atoms with Gasteiger partial charge in [0.25, 0.3) is 0 Å². The van der Waals surface area contributed by atoms with Crippen molar-refractivity contribution in [1.29, 1.82) is 0 Å². The average molecular weight is 224 g/mol. The topological polar surface area (TPSA) is 98.7 Å². The van der Waals surface area contributed by atoms with Crippen LogP contribution in [0.5, 0.6) is 0 Å². The third kappa shape index (κ3) is 3.13. The van der Waals surface area contributed by atoms with E-state index in [9.17, 15) is 9.59 Å². The molecule has 0 spiro atoms. The lowest BCUT2D eigenvalue weighted by Crippen LogP contribution is -2.51. The first-order valence-electron chi connectivity index (χ1n) is 4.04. The van der Waals surface area contributed by atoms with Gasteiger partial charge in [-0.05, 0) is 0 Å². The number of nitrogens with two attached hydrogens (primary N) is 2. The molecule has 0 bridgehead atoms. The van der Waals surface area contributed by atoms with Crippen molar-refractivity contribution < 1.29 is 14.3 Å². The molecule has 1 aliphatic heterocycles. The van der Waals surface area contributed by atoms with E-state index in [0.717, 1.165) is 0 Å². The molecule has 6 nitrogen and oxygen atoms in total. The van der Waals surface area contributed by atoms with Crippen LogP contribution in [0.25, 0.3) is 0 Å². The van der Waals surface area contributed by atoms with Crippen molar-refractivity contribution in [1.82, 2.24) is 4.90 Å². The van der Waals surface area contributed by atoms with Crippen LogP contribution in [0.1, 0.15) is 0 Å². The molecule has 0 aromatic rings. The molecule has 0 radical (unpaired) electrons. The van der Waals surface area contributed by atoms with E-state index in [2.05, 4.69) is 0 Å². The van der Waals surface area contributed by atoms with Gasteiger partial charge in [-0.3, -0.25) is 9.59 Å². The Morgan fingerprint density at radius 1 is 1.50 bits per heavy atom. The number of hydrogen-bond donors (Lipinski definition) is 2. The smallest absolute Gasteiger partial charge is 0.248 e. The molecule has 1 fully saturated rings. The first kappa shape index (κ1) is 13.2. The van der Waals surface area contributed by atoms with Gasteiger partial charge in [-0.25, -0.2) is 0 Å². The summed E-state index contributed by atoms with van der Waals surface area (Å²) in [7, 11) is 0. The number of morpholine rings is 1. The maximum absolute atomic E-state index is 11.1. The predicted molar refractivity (Wildman–Crippen MR) is 51.8 cm³/mol. The van der Waals surface area contributed by atoms with E-state index < -0.39 is 12.0 Å². The van der Waals surface area contributed by atoms with Crippen molar-refractivity contribution >= 4 is 24.2 Å². The largest absolute Gasteiger partial charge is 0.367 e. The fourth-order valence-corrected chi connectivity index (χ4v) is 1.18. The summed E-state index contributed by atoms with van der Waals surface area (Å²) in [4.78, 5) is 23.4. The molecule has 14 heavy (non-hydrogen) atoms. The Kier molecular flexibility index (Phi) is 5.44. The minimum atomic E-state index is -0.691. The number of nitrogens with zero attached hydrogens (tertiary/aromatic N) is 1. The van der Waals surface area contributed by atoms with Crippen molar-refractivity contribution in [3.63, 3.8) is 0 Å². The third-order valence-corrected chi connectivity index (χ3v) is 1.91. The van der Waals surface area contributed by atoms with Gasteiger partial charge < -0.3 is 21.1 Å². The second-order valence-corrected chi connectivity index (χ2v) is 2.81. The van der Waals surface area contributed by atoms with E-state index in [0.29, 0.717) is 13.2 Å². The van der Waals surface area contributed by atoms with Crippen LogP contribution in [0.2, 0.25) is 0 Å². The van der Waals surface area contributed by atoms with Crippen LogP contribution >= 0.6 is 12.4 Å². The highest BCUT2D eigenvalue weighted by Gasteiger charge is 2.26. The summed E-state index contributed by atoms with van der Waals surface area (Å²) in [5.41, 5.74) is 10.2. The maximum Gasteiger partial charge on any atom is 0.248 e. The van der Waals surface area contributed by atoms with Gasteiger partial charge in [-0.15, -0.1) is 12.4 Å². The highest BCUT2D eigenvalue weighted by molar-refractivity contribution is 5.85. The average Bonchev–Trinajstić information content (AvgIpc) is 2.17. The zero-order valence-corrected chi connectivity index (χ0v) is 8.46. The van der Waals surface area contributed by atoms with Crippen LogP contribution in [0.15, 0.2) is 0 Å². The Hall–Kier alpha value is -0.850. The van der Waals surface area contributed by atoms with Crippen molar-refractivity contribution in [3.8, 4) is 0 Å². The van der Waals surface area contributed by atoms with Gasteiger partial charge in [0.2, 0.25) is 11.8 Å². The van der Waals surface area contributed by atoms with E-state index >= 15 is 0 Å². The molecule has 1 aliphatic rings. The molecule has 0 aliphatic carbocycles. The molecular weight excluding hydrogens is 210 g/mol. The van der Waals surface area contributed by atoms with E-state index in [-0.39, 0.29) is 31.4 Å². The Balaban J connectivity index is 0.00000169. The summed E-state index contributed by atoms with van der Waals surface area (Å²) in [5.74, 6) is -0.732. The Morgan fingerprint density at radius 2 is 2.14 bits per heavy atom. The highest BCUT2D eigenvalue weighted by Crippen LogP contribution is 2.04. The Labute approximate surface area is 88.0 Å². The number of primary amides is 1. The van der Waals surface area contributed by atoms with Crippen LogP contribution in [0, 0.1) is 0 Å². The van der Waals surface area contributed by atoms with Crippen molar-refractivity contribution in [2.24, 2.45) is 11.5 Å². The lowest BCUT2D eigenvalue weighted by Gasteiger charge is -2.30. The van der Waals surface area contributed by atoms with Crippen molar-refractivity contribution in [2.45, 2.75) is 6.10 Å². The summed E-state index contributed by atoms with van der Waals surface area (Å²) >= 11 is 0. The zero-order chi connectivity index (χ0) is 9.84. The molecule has 1 heterocycles. The molecule has 0 aromatic carbocycles. The maximum atomic E-state index is 11.1. The van der Waals surface area contributed by atoms with E-state index in [4.69, 9.17) is 16.2 Å². The van der Waals surface area contributed by atoms with Gasteiger partial charge in [0, 0.05) is 6.54 Å².